The first-order valence-corrected chi connectivity index (χ1v) is 38.8. The standard InChI is InChI=1S/C78H147NO10/c1-3-5-7-9-11-13-44-48-52-56-60-64-71(81)70(69-88-78-77(86)76(85)75(84)72(68-80)89-78)79-73(82)65-61-57-53-49-46-42-40-38-36-34-32-30-28-26-24-22-20-18-16-15-17-19-21-23-25-27-29-31-33-35-37-39-41-43-47-51-55-59-63-67-87-74(83)66-62-58-54-50-45-14-12-10-8-6-4-2/h15-16,19,21,60,64,70-72,75-78,80-81,84-86H,3-14,17-18,20,22-59,61-63,65-69H2,1-2H3,(H,79,82)/b16-15-,21-19-,64-60+. The van der Waals surface area contributed by atoms with Crippen molar-refractivity contribution >= 4 is 11.9 Å². The summed E-state index contributed by atoms with van der Waals surface area (Å²) in [4.78, 5) is 25.1. The van der Waals surface area contributed by atoms with E-state index in [0.29, 0.717) is 19.4 Å². The third-order valence-corrected chi connectivity index (χ3v) is 18.5. The molecule has 0 radical (unpaired) electrons. The van der Waals surface area contributed by atoms with E-state index in [0.717, 1.165) is 57.8 Å². The number of hydrogen-bond donors (Lipinski definition) is 6. The topological polar surface area (TPSA) is 175 Å². The van der Waals surface area contributed by atoms with E-state index in [4.69, 9.17) is 14.2 Å². The first-order valence-electron chi connectivity index (χ1n) is 38.8. The van der Waals surface area contributed by atoms with E-state index in [2.05, 4.69) is 43.5 Å². The van der Waals surface area contributed by atoms with Crippen LogP contribution in [0, 0.1) is 0 Å². The molecule has 11 nitrogen and oxygen atoms in total. The number of esters is 1. The van der Waals surface area contributed by atoms with Crippen LogP contribution in [0.3, 0.4) is 0 Å². The molecule has 1 saturated heterocycles. The number of allylic oxidation sites excluding steroid dienone is 5. The van der Waals surface area contributed by atoms with Gasteiger partial charge in [-0.3, -0.25) is 9.59 Å². The van der Waals surface area contributed by atoms with Gasteiger partial charge in [-0.2, -0.15) is 0 Å². The van der Waals surface area contributed by atoms with Crippen molar-refractivity contribution in [3.63, 3.8) is 0 Å². The molecule has 0 saturated carbocycles. The Kier molecular flexibility index (Phi) is 64.2. The molecule has 7 unspecified atom stereocenters. The minimum atomic E-state index is -1.57. The molecular weight excluding hydrogens is 1110 g/mol. The van der Waals surface area contributed by atoms with E-state index in [1.54, 1.807) is 6.08 Å². The zero-order valence-electron chi connectivity index (χ0n) is 58.4. The van der Waals surface area contributed by atoms with Crippen molar-refractivity contribution < 1.29 is 49.3 Å². The van der Waals surface area contributed by atoms with Gasteiger partial charge >= 0.3 is 5.97 Å². The highest BCUT2D eigenvalue weighted by Gasteiger charge is 2.44. The third-order valence-electron chi connectivity index (χ3n) is 18.5. The van der Waals surface area contributed by atoms with Crippen LogP contribution in [0.2, 0.25) is 0 Å². The maximum atomic E-state index is 13.1. The number of carbonyl (C=O) groups excluding carboxylic acids is 2. The largest absolute Gasteiger partial charge is 0.466 e. The number of rotatable bonds is 69. The summed E-state index contributed by atoms with van der Waals surface area (Å²) in [5.41, 5.74) is 0. The predicted molar refractivity (Wildman–Crippen MR) is 375 cm³/mol. The number of amides is 1. The van der Waals surface area contributed by atoms with Crippen LogP contribution in [0.5, 0.6) is 0 Å². The molecule has 0 aromatic rings. The van der Waals surface area contributed by atoms with Gasteiger partial charge in [0.2, 0.25) is 5.91 Å². The Morgan fingerprint density at radius 1 is 0.416 bits per heavy atom. The van der Waals surface area contributed by atoms with Crippen molar-refractivity contribution in [3.05, 3.63) is 36.5 Å². The first-order chi connectivity index (χ1) is 43.7. The Balaban J connectivity index is 1.90. The Morgan fingerprint density at radius 2 is 0.753 bits per heavy atom. The number of aliphatic hydroxyl groups is 5. The highest BCUT2D eigenvalue weighted by Crippen LogP contribution is 2.24. The van der Waals surface area contributed by atoms with Gasteiger partial charge < -0.3 is 45.1 Å². The molecule has 89 heavy (non-hydrogen) atoms. The van der Waals surface area contributed by atoms with E-state index in [1.165, 1.54) is 302 Å². The molecule has 0 aliphatic carbocycles. The lowest BCUT2D eigenvalue weighted by atomic mass is 9.99. The molecule has 1 heterocycles. The summed E-state index contributed by atoms with van der Waals surface area (Å²) in [6.45, 7) is 4.37. The van der Waals surface area contributed by atoms with Crippen LogP contribution in [0.4, 0.5) is 0 Å². The Labute approximate surface area is 549 Å². The summed E-state index contributed by atoms with van der Waals surface area (Å²) in [5, 5.41) is 54.5. The fraction of sp³-hybridized carbons (Fsp3) is 0.897. The van der Waals surface area contributed by atoms with Gasteiger partial charge in [-0.25, -0.2) is 0 Å². The highest BCUT2D eigenvalue weighted by atomic mass is 16.7. The summed E-state index contributed by atoms with van der Waals surface area (Å²) in [6, 6.07) is -0.807. The van der Waals surface area contributed by atoms with E-state index in [-0.39, 0.29) is 18.5 Å². The molecule has 1 rings (SSSR count). The van der Waals surface area contributed by atoms with Crippen LogP contribution in [0.1, 0.15) is 386 Å². The maximum absolute atomic E-state index is 13.1. The lowest BCUT2D eigenvalue weighted by Gasteiger charge is -2.40. The molecule has 0 aromatic heterocycles. The molecule has 1 aliphatic heterocycles. The lowest BCUT2D eigenvalue weighted by Crippen LogP contribution is -2.60. The van der Waals surface area contributed by atoms with Crippen LogP contribution < -0.4 is 5.32 Å². The predicted octanol–water partition coefficient (Wildman–Crippen LogP) is 20.5. The van der Waals surface area contributed by atoms with Gasteiger partial charge in [-0.05, 0) is 64.2 Å². The second-order valence-electron chi connectivity index (χ2n) is 27.1. The fourth-order valence-corrected chi connectivity index (χ4v) is 12.4. The normalized spacial score (nSPS) is 17.9. The van der Waals surface area contributed by atoms with Crippen molar-refractivity contribution in [3.8, 4) is 0 Å². The van der Waals surface area contributed by atoms with Crippen LogP contribution >= 0.6 is 0 Å². The van der Waals surface area contributed by atoms with Gasteiger partial charge in [-0.1, -0.05) is 346 Å². The quantitative estimate of drug-likeness (QED) is 0.0195. The average Bonchev–Trinajstić information content (AvgIpc) is 2.32. The summed E-state index contributed by atoms with van der Waals surface area (Å²) >= 11 is 0. The molecule has 1 aliphatic rings. The fourth-order valence-electron chi connectivity index (χ4n) is 12.4. The second kappa shape index (κ2) is 67.3. The Morgan fingerprint density at radius 3 is 1.13 bits per heavy atom. The summed E-state index contributed by atoms with van der Waals surface area (Å²) < 4.78 is 16.7. The van der Waals surface area contributed by atoms with Gasteiger partial charge in [0, 0.05) is 12.8 Å². The number of hydrogen-bond acceptors (Lipinski definition) is 10. The molecule has 0 spiro atoms. The van der Waals surface area contributed by atoms with E-state index >= 15 is 0 Å². The number of nitrogens with one attached hydrogen (secondary N) is 1. The van der Waals surface area contributed by atoms with Crippen molar-refractivity contribution in [2.75, 3.05) is 19.8 Å². The monoisotopic (exact) mass is 1260 g/mol. The number of aliphatic hydroxyl groups excluding tert-OH is 5. The van der Waals surface area contributed by atoms with E-state index in [1.807, 2.05) is 6.08 Å². The molecule has 524 valence electrons. The molecular formula is C78H147NO10. The molecule has 6 N–H and O–H groups in total. The van der Waals surface area contributed by atoms with Crippen LogP contribution in [-0.4, -0.2) is 100 Å². The number of carbonyl (C=O) groups is 2. The Hall–Kier alpha value is -2.12. The van der Waals surface area contributed by atoms with Gasteiger partial charge in [0.1, 0.15) is 24.4 Å². The summed E-state index contributed by atoms with van der Waals surface area (Å²) in [5.74, 6) is -0.163. The summed E-state index contributed by atoms with van der Waals surface area (Å²) in [7, 11) is 0. The lowest BCUT2D eigenvalue weighted by molar-refractivity contribution is -0.302. The van der Waals surface area contributed by atoms with Crippen LogP contribution in [0.15, 0.2) is 36.5 Å². The van der Waals surface area contributed by atoms with Crippen LogP contribution in [0.25, 0.3) is 0 Å². The van der Waals surface area contributed by atoms with Crippen molar-refractivity contribution in [1.82, 2.24) is 5.32 Å². The average molecular weight is 1260 g/mol. The van der Waals surface area contributed by atoms with Gasteiger partial charge in [-0.15, -0.1) is 0 Å². The zero-order chi connectivity index (χ0) is 64.4. The van der Waals surface area contributed by atoms with Crippen LogP contribution in [-0.2, 0) is 23.8 Å². The highest BCUT2D eigenvalue weighted by molar-refractivity contribution is 5.76. The van der Waals surface area contributed by atoms with Crippen molar-refractivity contribution in [2.24, 2.45) is 0 Å². The van der Waals surface area contributed by atoms with Gasteiger partial charge in [0.25, 0.3) is 0 Å². The smallest absolute Gasteiger partial charge is 0.305 e. The summed E-state index contributed by atoms with van der Waals surface area (Å²) in [6.07, 6.45) is 77.5. The molecule has 0 aromatic carbocycles. The Bertz CT molecular complexity index is 1570. The van der Waals surface area contributed by atoms with Crippen molar-refractivity contribution in [2.45, 2.75) is 429 Å². The molecule has 1 fully saturated rings. The van der Waals surface area contributed by atoms with Gasteiger partial charge in [0.05, 0.1) is 32.0 Å². The number of unbranched alkanes of at least 4 members (excludes halogenated alkanes) is 51. The maximum Gasteiger partial charge on any atom is 0.305 e. The molecule has 0 bridgehead atoms. The van der Waals surface area contributed by atoms with E-state index < -0.39 is 49.5 Å². The SMILES string of the molecule is CCCCCCCCCCC/C=C/C(O)C(COC1OC(CO)C(O)C(O)C1O)NC(=O)CCCCCCCCCCCCCCCCCCC/C=C\C/C=C\CCCCCCCCCCCCCCCCCOC(=O)CCCCCCCCCCCCC. The minimum absolute atomic E-state index is 0.0147. The first kappa shape index (κ1) is 84.9. The van der Waals surface area contributed by atoms with Gasteiger partial charge in [0.15, 0.2) is 6.29 Å². The molecule has 11 heteroatoms. The van der Waals surface area contributed by atoms with Crippen molar-refractivity contribution in [1.29, 1.82) is 0 Å². The number of ether oxygens (including phenoxy) is 3. The zero-order valence-corrected chi connectivity index (χ0v) is 58.4. The minimum Gasteiger partial charge on any atom is -0.466 e. The molecule has 1 amide bonds. The third kappa shape index (κ3) is 56.0. The second-order valence-corrected chi connectivity index (χ2v) is 27.1. The van der Waals surface area contributed by atoms with E-state index in [9.17, 15) is 35.1 Å². The molecule has 7 atom stereocenters.